The highest BCUT2D eigenvalue weighted by Gasteiger charge is 2.19. The fourth-order valence-corrected chi connectivity index (χ4v) is 4.11. The summed E-state index contributed by atoms with van der Waals surface area (Å²) in [4.78, 5) is 11.3. The van der Waals surface area contributed by atoms with E-state index in [1.807, 2.05) is 56.7 Å². The average Bonchev–Trinajstić information content (AvgIpc) is 2.73. The molecule has 168 valence electrons. The number of hydrogen-bond donors (Lipinski definition) is 2. The van der Waals surface area contributed by atoms with Gasteiger partial charge in [-0.2, -0.15) is 0 Å². The van der Waals surface area contributed by atoms with Gasteiger partial charge in [0.15, 0.2) is 0 Å². The quantitative estimate of drug-likeness (QED) is 0.540. The number of nitrogens with one attached hydrogen (secondary N) is 2. The van der Waals surface area contributed by atoms with Gasteiger partial charge in [-0.25, -0.2) is 18.4 Å². The van der Waals surface area contributed by atoms with Gasteiger partial charge >= 0.3 is 0 Å². The lowest BCUT2D eigenvalue weighted by molar-refractivity contribution is 0.261. The number of nitrogens with zero attached hydrogens (tertiary/aromatic N) is 3. The van der Waals surface area contributed by atoms with Crippen LogP contribution in [0.25, 0.3) is 11.3 Å². The monoisotopic (exact) mass is 453 g/mol. The van der Waals surface area contributed by atoms with Crippen molar-refractivity contribution in [3.63, 3.8) is 0 Å². The van der Waals surface area contributed by atoms with E-state index in [1.54, 1.807) is 6.07 Å². The predicted octanol–water partition coefficient (Wildman–Crippen LogP) is 3.30. The molecule has 1 aromatic heterocycles. The first-order valence-electron chi connectivity index (χ1n) is 10.4. The van der Waals surface area contributed by atoms with Crippen molar-refractivity contribution < 1.29 is 13.2 Å². The molecule has 0 radical (unpaired) electrons. The molecule has 9 heteroatoms. The second kappa shape index (κ2) is 9.13. The molecule has 2 aromatic carbocycles. The third-order valence-corrected chi connectivity index (χ3v) is 5.72. The molecule has 32 heavy (non-hydrogen) atoms. The van der Waals surface area contributed by atoms with Gasteiger partial charge in [-0.05, 0) is 74.5 Å². The van der Waals surface area contributed by atoms with Gasteiger partial charge in [0.1, 0.15) is 12.4 Å². The minimum absolute atomic E-state index is 0.486. The number of rotatable bonds is 8. The van der Waals surface area contributed by atoms with Gasteiger partial charge in [0.2, 0.25) is 16.0 Å². The Balaban J connectivity index is 1.53. The lowest BCUT2D eigenvalue weighted by atomic mass is 9.89. The van der Waals surface area contributed by atoms with Crippen molar-refractivity contribution in [1.29, 1.82) is 0 Å². The van der Waals surface area contributed by atoms with Gasteiger partial charge in [-0.15, -0.1) is 0 Å². The van der Waals surface area contributed by atoms with E-state index >= 15 is 0 Å². The van der Waals surface area contributed by atoms with Crippen molar-refractivity contribution in [3.8, 4) is 17.0 Å². The Kier molecular flexibility index (Phi) is 6.29. The third-order valence-electron chi connectivity index (χ3n) is 5.11. The summed E-state index contributed by atoms with van der Waals surface area (Å²) in [6.07, 6.45) is 4.69. The molecule has 3 aromatic rings. The Morgan fingerprint density at radius 1 is 1.03 bits per heavy atom. The van der Waals surface area contributed by atoms with E-state index in [1.165, 1.54) is 0 Å². The highest BCUT2D eigenvalue weighted by molar-refractivity contribution is 7.92. The van der Waals surface area contributed by atoms with Crippen molar-refractivity contribution in [2.24, 2.45) is 0 Å². The second-order valence-electron chi connectivity index (χ2n) is 8.11. The minimum Gasteiger partial charge on any atom is -0.492 e. The maximum atomic E-state index is 11.6. The molecule has 0 spiro atoms. The van der Waals surface area contributed by atoms with E-state index in [0.29, 0.717) is 18.2 Å². The number of hydrogen-bond acceptors (Lipinski definition) is 7. The molecule has 0 saturated carbocycles. The zero-order valence-corrected chi connectivity index (χ0v) is 19.2. The van der Waals surface area contributed by atoms with Crippen LogP contribution in [-0.2, 0) is 22.9 Å². The van der Waals surface area contributed by atoms with E-state index in [4.69, 9.17) is 9.72 Å². The van der Waals surface area contributed by atoms with Gasteiger partial charge in [0.25, 0.3) is 0 Å². The van der Waals surface area contributed by atoms with Crippen molar-refractivity contribution >= 4 is 27.3 Å². The first-order valence-corrected chi connectivity index (χ1v) is 12.3. The smallest absolute Gasteiger partial charge is 0.229 e. The summed E-state index contributed by atoms with van der Waals surface area (Å²) in [7, 11) is 0.669. The molecule has 0 bridgehead atoms. The molecule has 1 aliphatic rings. The topological polar surface area (TPSA) is 96.4 Å². The number of aromatic nitrogens is 2. The normalized spacial score (nSPS) is 12.8. The summed E-state index contributed by atoms with van der Waals surface area (Å²) in [6, 6.07) is 13.3. The molecule has 0 saturated heterocycles. The van der Waals surface area contributed by atoms with Gasteiger partial charge in [0.05, 0.1) is 11.9 Å². The summed E-state index contributed by atoms with van der Waals surface area (Å²) >= 11 is 0. The molecule has 2 N–H and O–H groups in total. The van der Waals surface area contributed by atoms with E-state index in [2.05, 4.69) is 19.9 Å². The van der Waals surface area contributed by atoms with Crippen molar-refractivity contribution in [2.45, 2.75) is 12.8 Å². The molecule has 0 atom stereocenters. The lowest BCUT2D eigenvalue weighted by Gasteiger charge is -2.20. The number of anilines is 3. The van der Waals surface area contributed by atoms with Crippen LogP contribution in [0.15, 0.2) is 48.7 Å². The summed E-state index contributed by atoms with van der Waals surface area (Å²) in [6.45, 7) is 1.48. The van der Waals surface area contributed by atoms with E-state index in [-0.39, 0.29) is 0 Å². The molecule has 0 aliphatic heterocycles. The van der Waals surface area contributed by atoms with Crippen molar-refractivity contribution in [1.82, 2.24) is 14.9 Å². The Morgan fingerprint density at radius 2 is 1.75 bits per heavy atom. The lowest BCUT2D eigenvalue weighted by Crippen LogP contribution is -2.19. The zero-order valence-electron chi connectivity index (χ0n) is 18.4. The van der Waals surface area contributed by atoms with Gasteiger partial charge in [0, 0.05) is 29.7 Å². The Morgan fingerprint density at radius 3 is 2.47 bits per heavy atom. The fourth-order valence-electron chi connectivity index (χ4n) is 3.55. The molecule has 0 fully saturated rings. The third kappa shape index (κ3) is 5.54. The van der Waals surface area contributed by atoms with E-state index in [9.17, 15) is 8.42 Å². The average molecular weight is 454 g/mol. The highest BCUT2D eigenvalue weighted by atomic mass is 32.2. The van der Waals surface area contributed by atoms with Crippen LogP contribution in [0.3, 0.4) is 0 Å². The van der Waals surface area contributed by atoms with Gasteiger partial charge < -0.3 is 15.0 Å². The first kappa shape index (κ1) is 22.0. The van der Waals surface area contributed by atoms with Crippen LogP contribution in [0, 0.1) is 0 Å². The summed E-state index contributed by atoms with van der Waals surface area (Å²) in [5, 5.41) is 3.24. The van der Waals surface area contributed by atoms with Gasteiger partial charge in [-0.3, -0.25) is 4.72 Å². The molecule has 1 heterocycles. The van der Waals surface area contributed by atoms with Crippen LogP contribution in [0.1, 0.15) is 11.1 Å². The minimum atomic E-state index is -3.35. The van der Waals surface area contributed by atoms with Crippen molar-refractivity contribution in [2.75, 3.05) is 43.5 Å². The van der Waals surface area contributed by atoms with Crippen LogP contribution < -0.4 is 14.8 Å². The summed E-state index contributed by atoms with van der Waals surface area (Å²) < 4.78 is 31.5. The molecular formula is C23H27N5O3S. The van der Waals surface area contributed by atoms with Gasteiger partial charge in [-0.1, -0.05) is 6.07 Å². The maximum Gasteiger partial charge on any atom is 0.229 e. The summed E-state index contributed by atoms with van der Waals surface area (Å²) in [5.41, 5.74) is 5.31. The number of benzene rings is 2. The number of fused-ring (bicyclic) bond motifs is 3. The van der Waals surface area contributed by atoms with E-state index < -0.39 is 10.0 Å². The second-order valence-corrected chi connectivity index (χ2v) is 9.86. The van der Waals surface area contributed by atoms with Crippen LogP contribution in [0.4, 0.5) is 17.3 Å². The SMILES string of the molecule is CN(C)CCOc1ccc(Nc2ncc3c(n2)-c2cc(NS(C)(=O)=O)ccc2CC3)cc1. The molecule has 8 nitrogen and oxygen atoms in total. The number of aryl methyl sites for hydroxylation is 2. The van der Waals surface area contributed by atoms with Crippen LogP contribution >= 0.6 is 0 Å². The predicted molar refractivity (Wildman–Crippen MR) is 127 cm³/mol. The van der Waals surface area contributed by atoms with Crippen molar-refractivity contribution in [3.05, 3.63) is 59.8 Å². The van der Waals surface area contributed by atoms with Crippen LogP contribution in [0.2, 0.25) is 0 Å². The molecule has 1 aliphatic carbocycles. The Bertz CT molecular complexity index is 1210. The maximum absolute atomic E-state index is 11.6. The molecule has 4 rings (SSSR count). The fraction of sp³-hybridized carbons (Fsp3) is 0.304. The van der Waals surface area contributed by atoms with Crippen LogP contribution in [0.5, 0.6) is 5.75 Å². The number of ether oxygens (including phenoxy) is 1. The largest absolute Gasteiger partial charge is 0.492 e. The Labute approximate surface area is 188 Å². The van der Waals surface area contributed by atoms with Crippen LogP contribution in [-0.4, -0.2) is 56.8 Å². The molecule has 0 unspecified atom stereocenters. The molecular weight excluding hydrogens is 426 g/mol. The molecule has 0 amide bonds. The standard InChI is InChI=1S/C23H27N5O3S/c1-28(2)12-13-31-20-10-8-18(9-11-20)25-23-24-15-17-5-4-16-6-7-19(27-32(3,29)30)14-21(16)22(17)26-23/h6-11,14-15,27H,4-5,12-13H2,1-3H3,(H,24,25,26). The summed E-state index contributed by atoms with van der Waals surface area (Å²) in [5.74, 6) is 1.29. The first-order chi connectivity index (χ1) is 15.3. The zero-order chi connectivity index (χ0) is 22.7. The Hall–Kier alpha value is -3.17. The number of likely N-dealkylation sites (N-methyl/N-ethyl adjacent to an activating group) is 1. The highest BCUT2D eigenvalue weighted by Crippen LogP contribution is 2.34. The number of sulfonamides is 1. The van der Waals surface area contributed by atoms with E-state index in [0.717, 1.165) is 59.5 Å².